The van der Waals surface area contributed by atoms with E-state index in [9.17, 15) is 0 Å². The first kappa shape index (κ1) is 34.4. The van der Waals surface area contributed by atoms with E-state index in [1.807, 2.05) is 97.1 Å². The molecule has 0 spiro atoms. The molecule has 6 nitrogen and oxygen atoms in total. The van der Waals surface area contributed by atoms with Gasteiger partial charge in [-0.05, 0) is 37.3 Å². The highest BCUT2D eigenvalue weighted by Gasteiger charge is 2.39. The predicted octanol–water partition coefficient (Wildman–Crippen LogP) is 11.4. The van der Waals surface area contributed by atoms with Gasteiger partial charge in [-0.25, -0.2) is 29.9 Å². The van der Waals surface area contributed by atoms with Gasteiger partial charge in [-0.3, -0.25) is 0 Å². The molecule has 2 aliphatic carbocycles. The Morgan fingerprint density at radius 2 is 0.800 bits per heavy atom. The van der Waals surface area contributed by atoms with Gasteiger partial charge in [0.25, 0.3) is 0 Å². The summed E-state index contributed by atoms with van der Waals surface area (Å²) in [7, 11) is 0. The lowest BCUT2D eigenvalue weighted by Gasteiger charge is -2.41. The van der Waals surface area contributed by atoms with Crippen molar-refractivity contribution >= 4 is 0 Å². The molecular formula is C49H42N6. The van der Waals surface area contributed by atoms with E-state index in [0.717, 1.165) is 52.9 Å². The SMILES string of the molecule is CC1(c2nc(-c3ccccc3)nc(-c3ccccc3)n2)C=CC(C2(c3ccc(-c4nc(-c5ccccc5)nc(-c5ccccc5)n4)cc3)CCCCC2)=CC1. The highest BCUT2D eigenvalue weighted by molar-refractivity contribution is 5.67. The topological polar surface area (TPSA) is 77.3 Å². The van der Waals surface area contributed by atoms with Crippen LogP contribution < -0.4 is 0 Å². The fourth-order valence-electron chi connectivity index (χ4n) is 8.09. The van der Waals surface area contributed by atoms with Crippen LogP contribution in [0.2, 0.25) is 0 Å². The van der Waals surface area contributed by atoms with Crippen LogP contribution in [0.3, 0.4) is 0 Å². The number of aromatic nitrogens is 6. The van der Waals surface area contributed by atoms with Crippen LogP contribution in [-0.2, 0) is 10.8 Å². The minimum Gasteiger partial charge on any atom is -0.212 e. The third-order valence-electron chi connectivity index (χ3n) is 11.2. The minimum atomic E-state index is -0.384. The van der Waals surface area contributed by atoms with Crippen molar-refractivity contribution in [2.75, 3.05) is 0 Å². The summed E-state index contributed by atoms with van der Waals surface area (Å²) in [6.07, 6.45) is 13.9. The normalized spacial score (nSPS) is 17.7. The van der Waals surface area contributed by atoms with Gasteiger partial charge in [-0.1, -0.05) is 183 Å². The van der Waals surface area contributed by atoms with Crippen LogP contribution in [0.25, 0.3) is 56.9 Å². The summed E-state index contributed by atoms with van der Waals surface area (Å²) in [6, 6.07) is 49.7. The van der Waals surface area contributed by atoms with Crippen molar-refractivity contribution in [2.24, 2.45) is 0 Å². The maximum Gasteiger partial charge on any atom is 0.164 e. The molecular weight excluding hydrogens is 673 g/mol. The third-order valence-corrected chi connectivity index (χ3v) is 11.2. The molecule has 9 rings (SSSR count). The summed E-state index contributed by atoms with van der Waals surface area (Å²) in [6.45, 7) is 2.25. The second-order valence-corrected chi connectivity index (χ2v) is 14.9. The largest absolute Gasteiger partial charge is 0.212 e. The van der Waals surface area contributed by atoms with Crippen molar-refractivity contribution in [3.05, 3.63) is 181 Å². The molecule has 0 N–H and O–H groups in total. The van der Waals surface area contributed by atoms with E-state index in [2.05, 4.69) is 73.7 Å². The number of nitrogens with zero attached hydrogens (tertiary/aromatic N) is 6. The van der Waals surface area contributed by atoms with E-state index in [0.29, 0.717) is 29.1 Å². The first-order valence-electron chi connectivity index (χ1n) is 19.3. The van der Waals surface area contributed by atoms with E-state index in [1.165, 1.54) is 30.4 Å². The first-order chi connectivity index (χ1) is 27.1. The molecule has 55 heavy (non-hydrogen) atoms. The Morgan fingerprint density at radius 1 is 0.418 bits per heavy atom. The molecule has 0 saturated heterocycles. The molecule has 2 aromatic heterocycles. The van der Waals surface area contributed by atoms with Gasteiger partial charge in [0.05, 0.1) is 0 Å². The Balaban J connectivity index is 1.05. The van der Waals surface area contributed by atoms with Gasteiger partial charge in [0.1, 0.15) is 5.82 Å². The van der Waals surface area contributed by atoms with Crippen molar-refractivity contribution in [2.45, 2.75) is 56.3 Å². The molecule has 268 valence electrons. The zero-order chi connectivity index (χ0) is 37.1. The Morgan fingerprint density at radius 3 is 1.18 bits per heavy atom. The summed E-state index contributed by atoms with van der Waals surface area (Å²) in [5.74, 6) is 4.19. The van der Waals surface area contributed by atoms with Crippen LogP contribution >= 0.6 is 0 Å². The monoisotopic (exact) mass is 714 g/mol. The molecule has 0 aliphatic heterocycles. The van der Waals surface area contributed by atoms with Crippen molar-refractivity contribution in [1.82, 2.24) is 29.9 Å². The maximum absolute atomic E-state index is 5.11. The van der Waals surface area contributed by atoms with Gasteiger partial charge >= 0.3 is 0 Å². The van der Waals surface area contributed by atoms with E-state index < -0.39 is 0 Å². The number of hydrogen-bond acceptors (Lipinski definition) is 6. The Bertz CT molecular complexity index is 2360. The number of benzene rings is 5. The van der Waals surface area contributed by atoms with Crippen LogP contribution in [0.1, 0.15) is 56.8 Å². The van der Waals surface area contributed by atoms with Crippen LogP contribution in [0.4, 0.5) is 0 Å². The van der Waals surface area contributed by atoms with Crippen molar-refractivity contribution in [3.8, 4) is 56.9 Å². The van der Waals surface area contributed by atoms with Crippen molar-refractivity contribution in [3.63, 3.8) is 0 Å². The van der Waals surface area contributed by atoms with Gasteiger partial charge in [0, 0.05) is 38.6 Å². The Kier molecular flexibility index (Phi) is 9.24. The molecule has 5 aromatic carbocycles. The zero-order valence-electron chi connectivity index (χ0n) is 31.0. The van der Waals surface area contributed by atoms with E-state index in [-0.39, 0.29) is 10.8 Å². The van der Waals surface area contributed by atoms with Crippen LogP contribution in [0, 0.1) is 0 Å². The van der Waals surface area contributed by atoms with Crippen molar-refractivity contribution < 1.29 is 0 Å². The number of rotatable bonds is 8. The van der Waals surface area contributed by atoms with Gasteiger partial charge in [0.15, 0.2) is 29.1 Å². The standard InChI is InChI=1S/C49H42N6/c1-48(47-54-45(37-21-11-4-12-22-37)53-46(55-47)38-23-13-5-14-24-38)33-29-41(30-34-48)49(31-15-6-16-32-49)40-27-25-39(26-28-40)44-51-42(35-17-7-2-8-18-35)50-43(52-44)36-19-9-3-10-20-36/h2-5,7-14,17-30,33H,6,15-16,31-32,34H2,1H3. The lowest BCUT2D eigenvalue weighted by atomic mass is 9.62. The predicted molar refractivity (Wildman–Crippen MR) is 221 cm³/mol. The smallest absolute Gasteiger partial charge is 0.164 e. The molecule has 1 unspecified atom stereocenters. The molecule has 7 aromatic rings. The average Bonchev–Trinajstić information content (AvgIpc) is 3.28. The van der Waals surface area contributed by atoms with E-state index in [4.69, 9.17) is 29.9 Å². The lowest BCUT2D eigenvalue weighted by molar-refractivity contribution is 0.341. The van der Waals surface area contributed by atoms with E-state index >= 15 is 0 Å². The summed E-state index contributed by atoms with van der Waals surface area (Å²) in [4.78, 5) is 30.0. The van der Waals surface area contributed by atoms with Gasteiger partial charge in [-0.2, -0.15) is 0 Å². The molecule has 1 atom stereocenters. The summed E-state index contributed by atoms with van der Waals surface area (Å²) in [5.41, 5.74) is 7.15. The molecule has 0 radical (unpaired) electrons. The quantitative estimate of drug-likeness (QED) is 0.156. The lowest BCUT2D eigenvalue weighted by Crippen LogP contribution is -2.33. The van der Waals surface area contributed by atoms with Gasteiger partial charge in [-0.15, -0.1) is 0 Å². The summed E-state index contributed by atoms with van der Waals surface area (Å²) in [5, 5.41) is 0. The molecule has 2 heterocycles. The minimum absolute atomic E-state index is 0.0679. The average molecular weight is 715 g/mol. The molecule has 0 amide bonds. The van der Waals surface area contributed by atoms with E-state index in [1.54, 1.807) is 0 Å². The summed E-state index contributed by atoms with van der Waals surface area (Å²) >= 11 is 0. The fourth-order valence-corrected chi connectivity index (χ4v) is 8.09. The van der Waals surface area contributed by atoms with Crippen LogP contribution in [-0.4, -0.2) is 29.9 Å². The Hall–Kier alpha value is -6.40. The molecule has 0 bridgehead atoms. The molecule has 1 fully saturated rings. The first-order valence-corrected chi connectivity index (χ1v) is 19.3. The van der Waals surface area contributed by atoms with Crippen LogP contribution in [0.5, 0.6) is 0 Å². The maximum atomic E-state index is 5.11. The highest BCUT2D eigenvalue weighted by Crippen LogP contribution is 2.48. The van der Waals surface area contributed by atoms with Crippen molar-refractivity contribution in [1.29, 1.82) is 0 Å². The number of hydrogen-bond donors (Lipinski definition) is 0. The zero-order valence-corrected chi connectivity index (χ0v) is 31.0. The third kappa shape index (κ3) is 6.92. The van der Waals surface area contributed by atoms with Crippen LogP contribution in [0.15, 0.2) is 169 Å². The molecule has 2 aliphatic rings. The van der Waals surface area contributed by atoms with Gasteiger partial charge < -0.3 is 0 Å². The molecule has 6 heteroatoms. The fraction of sp³-hybridized carbons (Fsp3) is 0.184. The molecule has 1 saturated carbocycles. The van der Waals surface area contributed by atoms with Gasteiger partial charge in [0.2, 0.25) is 0 Å². The second-order valence-electron chi connectivity index (χ2n) is 14.9. The highest BCUT2D eigenvalue weighted by atomic mass is 15.0. The second kappa shape index (κ2) is 14.8. The summed E-state index contributed by atoms with van der Waals surface area (Å²) < 4.78 is 0. The number of allylic oxidation sites excluding steroid dienone is 4. The Labute approximate surface area is 322 Å².